The number of nitrogens with one attached hydrogen (secondary N) is 1. The fourth-order valence-electron chi connectivity index (χ4n) is 9.93. The van der Waals surface area contributed by atoms with Gasteiger partial charge in [-0.2, -0.15) is 0 Å². The quantitative estimate of drug-likeness (QED) is 0.197. The maximum atomic E-state index is 14.7. The zero-order chi connectivity index (χ0) is 44.5. The predicted octanol–water partition coefficient (Wildman–Crippen LogP) is 4.09. The van der Waals surface area contributed by atoms with Crippen molar-refractivity contribution in [1.82, 2.24) is 29.6 Å². The maximum Gasteiger partial charge on any atom is 1.00 e. The molecule has 2 fully saturated rings. The average Bonchev–Trinajstić information content (AvgIpc) is 3.83. The molecule has 12 nitrogen and oxygen atoms in total. The van der Waals surface area contributed by atoms with Gasteiger partial charge in [0.05, 0.1) is 30.0 Å². The molecular weight excluding hydrogens is 866 g/mol. The number of pyridine rings is 1. The summed E-state index contributed by atoms with van der Waals surface area (Å²) in [5, 5.41) is 4.23. The number of nitrogens with zero attached hydrogens (tertiary/aromatic N) is 5. The molecule has 4 aromatic rings. The van der Waals surface area contributed by atoms with Gasteiger partial charge in [0, 0.05) is 74.2 Å². The van der Waals surface area contributed by atoms with Crippen LogP contribution in [0.2, 0.25) is 0 Å². The van der Waals surface area contributed by atoms with E-state index in [4.69, 9.17) is 14.5 Å². The first-order valence-electron chi connectivity index (χ1n) is 22.4. The molecule has 0 spiro atoms. The van der Waals surface area contributed by atoms with Crippen LogP contribution in [0.15, 0.2) is 60.8 Å². The molecule has 2 saturated heterocycles. The molecule has 5 heterocycles. The number of rotatable bonds is 9. The first-order chi connectivity index (χ1) is 29.6. The van der Waals surface area contributed by atoms with E-state index in [9.17, 15) is 19.2 Å². The van der Waals surface area contributed by atoms with Gasteiger partial charge in [0.25, 0.3) is 0 Å². The number of aromatic nitrogens is 2. The smallest absolute Gasteiger partial charge is 0.465 e. The van der Waals surface area contributed by atoms with Crippen molar-refractivity contribution in [3.05, 3.63) is 84.7 Å². The number of esters is 1. The summed E-state index contributed by atoms with van der Waals surface area (Å²) in [7, 11) is 7.39. The number of carbonyl (C=O) groups excluding carboxylic acids is 4. The molecule has 332 valence electrons. The number of likely N-dealkylation sites (tertiary alicyclic amines) is 1. The van der Waals surface area contributed by atoms with Crippen LogP contribution in [0.3, 0.4) is 0 Å². The van der Waals surface area contributed by atoms with Gasteiger partial charge in [-0.25, -0.2) is 0 Å². The van der Waals surface area contributed by atoms with Gasteiger partial charge in [0.15, 0.2) is 0 Å². The minimum absolute atomic E-state index is 0. The maximum absolute atomic E-state index is 14.7. The summed E-state index contributed by atoms with van der Waals surface area (Å²) >= 11 is 0. The third-order valence-electron chi connectivity index (χ3n) is 13.2. The summed E-state index contributed by atoms with van der Waals surface area (Å²) < 4.78 is 14.4. The van der Waals surface area contributed by atoms with Gasteiger partial charge in [0.2, 0.25) is 17.7 Å². The van der Waals surface area contributed by atoms with Gasteiger partial charge >= 0.3 is 64.2 Å². The van der Waals surface area contributed by atoms with Crippen LogP contribution < -0.4 is 63.5 Å². The first kappa shape index (κ1) is 49.2. The summed E-state index contributed by atoms with van der Waals surface area (Å²) in [5.74, 6) is -1.99. The van der Waals surface area contributed by atoms with Crippen molar-refractivity contribution in [2.45, 2.75) is 98.4 Å². The van der Waals surface area contributed by atoms with E-state index >= 15 is 0 Å². The van der Waals surface area contributed by atoms with Gasteiger partial charge in [-0.15, -0.1) is 0 Å². The Morgan fingerprint density at radius 1 is 1.03 bits per heavy atom. The second-order valence-corrected chi connectivity index (χ2v) is 18.9. The molecule has 2 aromatic heterocycles. The number of benzene rings is 2. The zero-order valence-corrected chi connectivity index (χ0v) is 43.8. The van der Waals surface area contributed by atoms with Crippen LogP contribution in [0, 0.1) is 30.2 Å². The number of ether oxygens (including phenoxy) is 2. The fourth-order valence-corrected chi connectivity index (χ4v) is 9.93. The van der Waals surface area contributed by atoms with E-state index in [1.165, 1.54) is 0 Å². The molecular formula is C50H65N6O6Rb. The van der Waals surface area contributed by atoms with Crippen molar-refractivity contribution in [2.24, 2.45) is 23.2 Å². The van der Waals surface area contributed by atoms with Crippen molar-refractivity contribution in [1.29, 1.82) is 0 Å². The number of amides is 3. The summed E-state index contributed by atoms with van der Waals surface area (Å²) in [6.45, 7) is 15.1. The minimum atomic E-state index is -0.935. The normalized spacial score (nSPS) is 21.6. The second kappa shape index (κ2) is 20.9. The Morgan fingerprint density at radius 3 is 2.49 bits per heavy atom. The Bertz CT molecular complexity index is 2310. The van der Waals surface area contributed by atoms with Crippen LogP contribution in [0.4, 0.5) is 0 Å². The van der Waals surface area contributed by atoms with Gasteiger partial charge in [0.1, 0.15) is 12.1 Å². The van der Waals surface area contributed by atoms with Gasteiger partial charge in [-0.3, -0.25) is 31.2 Å². The summed E-state index contributed by atoms with van der Waals surface area (Å²) in [5.41, 5.74) is 7.61. The van der Waals surface area contributed by atoms with E-state index in [1.807, 2.05) is 50.1 Å². The van der Waals surface area contributed by atoms with E-state index < -0.39 is 23.4 Å². The number of piperidine rings is 1. The van der Waals surface area contributed by atoms with Crippen LogP contribution in [0.25, 0.3) is 33.3 Å². The van der Waals surface area contributed by atoms with E-state index in [-0.39, 0.29) is 119 Å². The van der Waals surface area contributed by atoms with Crippen molar-refractivity contribution in [2.75, 3.05) is 46.9 Å². The predicted molar refractivity (Wildman–Crippen MR) is 242 cm³/mol. The summed E-state index contributed by atoms with van der Waals surface area (Å²) in [6, 6.07) is 17.1. The van der Waals surface area contributed by atoms with Crippen LogP contribution in [0.1, 0.15) is 83.7 Å². The number of aryl methyl sites for hydroxylation is 1. The van der Waals surface area contributed by atoms with E-state index in [1.54, 1.807) is 24.0 Å². The first-order valence-corrected chi connectivity index (χ1v) is 22.4. The molecule has 5 atom stereocenters. The standard InChI is InChI=1S/C50H65N6O6.Rb/c1-10-56-42-19-18-35-26-39(42)40(45(56)38-17-12-21-51-43(38)32(4)61-9)27-50(5,6)30-62-49(60)37-16-13-22-55(29-37)48(59)41(25-33-14-11-15-34(35)24-33)52-46(57)44(31(2)3)54(8)47(58)36-20-23-53(7)28-36;/h11-12,14-15,17-19,21,24,26,31-32,36-37,41,44H,7,10,13,16,20,22-23,25,27-30H2,1-6,8-9H3,(H,52,57);/q-1;+1. The molecule has 3 amide bonds. The number of hydrogen-bond acceptors (Lipinski definition) is 8. The summed E-state index contributed by atoms with van der Waals surface area (Å²) in [4.78, 5) is 66.7. The SMILES string of the molecule is [CH2-]N1CCC(C(=O)N(C)C(C(=O)NC2Cc3cccc(c3)-c3ccc4c(c3)c(c(-c3cccnc3C(C)OC)n4CC)CC(C)(C)COC(=O)C3CCCN(C3)C2=O)C(C)C)C1.[Rb+]. The third kappa shape index (κ3) is 10.7. The Kier molecular flexibility index (Phi) is 16.3. The van der Waals surface area contributed by atoms with Crippen molar-refractivity contribution in [3.63, 3.8) is 0 Å². The number of methoxy groups -OCH3 is 1. The fraction of sp³-hybridized carbons (Fsp3) is 0.520. The topological polar surface area (TPSA) is 126 Å². The molecule has 0 radical (unpaired) electrons. The zero-order valence-electron chi connectivity index (χ0n) is 38.9. The molecule has 13 heteroatoms. The van der Waals surface area contributed by atoms with Crippen molar-refractivity contribution >= 4 is 34.6 Å². The molecule has 0 saturated carbocycles. The van der Waals surface area contributed by atoms with Crippen LogP contribution >= 0.6 is 0 Å². The molecule has 5 unspecified atom stereocenters. The van der Waals surface area contributed by atoms with Crippen molar-refractivity contribution < 1.29 is 86.8 Å². The van der Waals surface area contributed by atoms with E-state index in [2.05, 4.69) is 74.1 Å². The summed E-state index contributed by atoms with van der Waals surface area (Å²) in [6.07, 6.45) is 4.35. The molecule has 2 aromatic carbocycles. The Morgan fingerprint density at radius 2 is 1.79 bits per heavy atom. The Balaban J connectivity index is 0.00000661. The van der Waals surface area contributed by atoms with Crippen molar-refractivity contribution in [3.8, 4) is 22.4 Å². The Hall–Kier alpha value is -3.26. The molecule has 0 aliphatic carbocycles. The van der Waals surface area contributed by atoms with Crippen LogP contribution in [-0.4, -0.2) is 107 Å². The number of likely N-dealkylation sites (N-methyl/N-ethyl adjacent to an activating group) is 1. The van der Waals surface area contributed by atoms with Gasteiger partial charge < -0.3 is 34.1 Å². The third-order valence-corrected chi connectivity index (χ3v) is 13.2. The Labute approximate surface area is 422 Å². The van der Waals surface area contributed by atoms with Crippen LogP contribution in [-0.2, 0) is 48.0 Å². The van der Waals surface area contributed by atoms with Crippen LogP contribution in [0.5, 0.6) is 0 Å². The molecule has 3 aliphatic heterocycles. The number of cyclic esters (lactones) is 1. The largest absolute Gasteiger partial charge is 1.00 e. The molecule has 7 rings (SSSR count). The molecule has 63 heavy (non-hydrogen) atoms. The molecule has 6 bridgehead atoms. The number of fused-ring (bicyclic) bond motifs is 6. The minimum Gasteiger partial charge on any atom is -0.465 e. The molecule has 3 aliphatic rings. The second-order valence-electron chi connectivity index (χ2n) is 18.9. The van der Waals surface area contributed by atoms with E-state index in [0.717, 1.165) is 63.2 Å². The van der Waals surface area contributed by atoms with Gasteiger partial charge in [-0.05, 0) is 105 Å². The van der Waals surface area contributed by atoms with E-state index in [0.29, 0.717) is 38.8 Å². The monoisotopic (exact) mass is 930 g/mol. The number of carbonyl (C=O) groups is 4. The molecule has 1 N–H and O–H groups in total. The average molecular weight is 932 g/mol. The number of hydrogen-bond donors (Lipinski definition) is 1. The van der Waals surface area contributed by atoms with Gasteiger partial charge in [-0.1, -0.05) is 58.0 Å².